The second kappa shape index (κ2) is 45.9. The Bertz CT molecular complexity index is 1190. The summed E-state index contributed by atoms with van der Waals surface area (Å²) >= 11 is 0. The van der Waals surface area contributed by atoms with Crippen molar-refractivity contribution in [2.45, 2.75) is 219 Å². The molecule has 0 aromatic rings. The Morgan fingerprint density at radius 1 is 0.508 bits per heavy atom. The van der Waals surface area contributed by atoms with Crippen LogP contribution in [0.15, 0.2) is 97.2 Å². The number of allylic oxidation sites excluding steroid dienone is 16. The summed E-state index contributed by atoms with van der Waals surface area (Å²) in [5, 5.41) is 23.6. The first-order valence-corrected chi connectivity index (χ1v) is 24.1. The van der Waals surface area contributed by atoms with Crippen LogP contribution in [0.5, 0.6) is 0 Å². The first kappa shape index (κ1) is 55.8. The van der Waals surface area contributed by atoms with Crippen LogP contribution in [0.25, 0.3) is 0 Å². The predicted molar refractivity (Wildman–Crippen MR) is 254 cm³/mol. The number of hydrogen-bond acceptors (Lipinski definition) is 5. The number of aliphatic hydroxyl groups excluding tert-OH is 2. The van der Waals surface area contributed by atoms with Crippen LogP contribution in [0.3, 0.4) is 0 Å². The van der Waals surface area contributed by atoms with Gasteiger partial charge in [-0.05, 0) is 70.6 Å². The normalized spacial score (nSPS) is 14.2. The molecule has 0 saturated carbocycles. The third-order valence-electron chi connectivity index (χ3n) is 10.3. The molecule has 3 N–H and O–H groups in total. The minimum absolute atomic E-state index is 0.0357. The van der Waals surface area contributed by atoms with Gasteiger partial charge in [0, 0.05) is 6.42 Å². The second-order valence-corrected chi connectivity index (χ2v) is 16.0. The summed E-state index contributed by atoms with van der Waals surface area (Å²) in [4.78, 5) is 26.1. The zero-order valence-electron chi connectivity index (χ0n) is 38.1. The van der Waals surface area contributed by atoms with Crippen LogP contribution in [-0.2, 0) is 14.3 Å². The van der Waals surface area contributed by atoms with E-state index < -0.39 is 18.2 Å². The third kappa shape index (κ3) is 41.3. The Labute approximate surface area is 363 Å². The van der Waals surface area contributed by atoms with Gasteiger partial charge in [0.15, 0.2) is 0 Å². The number of rotatable bonds is 41. The van der Waals surface area contributed by atoms with Crippen molar-refractivity contribution in [3.63, 3.8) is 0 Å². The maximum atomic E-state index is 13.1. The highest BCUT2D eigenvalue weighted by Gasteiger charge is 2.24. The maximum absolute atomic E-state index is 13.1. The van der Waals surface area contributed by atoms with E-state index in [1.165, 1.54) is 57.8 Å². The van der Waals surface area contributed by atoms with E-state index in [4.69, 9.17) is 4.74 Å². The first-order valence-electron chi connectivity index (χ1n) is 24.1. The number of amides is 1. The van der Waals surface area contributed by atoms with E-state index in [2.05, 4.69) is 86.8 Å². The highest BCUT2D eigenvalue weighted by molar-refractivity contribution is 5.77. The van der Waals surface area contributed by atoms with E-state index in [9.17, 15) is 19.8 Å². The molecular weight excluding hydrogens is 731 g/mol. The minimum atomic E-state index is -0.807. The van der Waals surface area contributed by atoms with Crippen molar-refractivity contribution in [3.8, 4) is 0 Å². The van der Waals surface area contributed by atoms with Crippen molar-refractivity contribution in [2.75, 3.05) is 6.61 Å². The summed E-state index contributed by atoms with van der Waals surface area (Å²) in [5.74, 6) is -0.550. The summed E-state index contributed by atoms with van der Waals surface area (Å²) in [6.07, 6.45) is 60.3. The highest BCUT2D eigenvalue weighted by Crippen LogP contribution is 2.16. The third-order valence-corrected chi connectivity index (χ3v) is 10.3. The lowest BCUT2D eigenvalue weighted by Gasteiger charge is -2.24. The predicted octanol–water partition coefficient (Wildman–Crippen LogP) is 14.2. The van der Waals surface area contributed by atoms with Crippen LogP contribution in [0, 0.1) is 0 Å². The number of aliphatic hydroxyl groups is 2. The van der Waals surface area contributed by atoms with Gasteiger partial charge in [-0.2, -0.15) is 0 Å². The van der Waals surface area contributed by atoms with Gasteiger partial charge in [-0.15, -0.1) is 0 Å². The molecule has 0 bridgehead atoms. The lowest BCUT2D eigenvalue weighted by atomic mass is 10.0. The van der Waals surface area contributed by atoms with Gasteiger partial charge in [0.05, 0.1) is 25.2 Å². The quantitative estimate of drug-likeness (QED) is 0.0324. The molecule has 0 aromatic heterocycles. The number of esters is 1. The average Bonchev–Trinajstić information content (AvgIpc) is 3.23. The van der Waals surface area contributed by atoms with Crippen LogP contribution in [0.4, 0.5) is 0 Å². The lowest BCUT2D eigenvalue weighted by Crippen LogP contribution is -2.46. The molecule has 0 spiro atoms. The van der Waals surface area contributed by atoms with Gasteiger partial charge >= 0.3 is 5.97 Å². The average molecular weight is 820 g/mol. The van der Waals surface area contributed by atoms with E-state index in [1.807, 2.05) is 36.5 Å². The Balaban J connectivity index is 4.77. The molecule has 59 heavy (non-hydrogen) atoms. The molecule has 0 saturated heterocycles. The summed E-state index contributed by atoms with van der Waals surface area (Å²) in [7, 11) is 0. The molecule has 0 aromatic carbocycles. The van der Waals surface area contributed by atoms with Gasteiger partial charge in [-0.1, -0.05) is 214 Å². The molecule has 0 aliphatic rings. The molecule has 3 unspecified atom stereocenters. The van der Waals surface area contributed by atoms with Crippen molar-refractivity contribution >= 4 is 11.9 Å². The van der Waals surface area contributed by atoms with Gasteiger partial charge < -0.3 is 20.3 Å². The minimum Gasteiger partial charge on any atom is -0.462 e. The summed E-state index contributed by atoms with van der Waals surface area (Å²) in [6.45, 7) is 6.25. The summed E-state index contributed by atoms with van der Waals surface area (Å²) in [5.41, 5.74) is 0. The van der Waals surface area contributed by atoms with Crippen LogP contribution in [-0.4, -0.2) is 46.9 Å². The highest BCUT2D eigenvalue weighted by atomic mass is 16.5. The van der Waals surface area contributed by atoms with Crippen molar-refractivity contribution in [2.24, 2.45) is 0 Å². The van der Waals surface area contributed by atoms with Gasteiger partial charge in [-0.3, -0.25) is 9.59 Å². The Morgan fingerprint density at radius 3 is 1.44 bits per heavy atom. The monoisotopic (exact) mass is 820 g/mol. The van der Waals surface area contributed by atoms with Gasteiger partial charge in [-0.25, -0.2) is 0 Å². The molecular formula is C53H89NO5. The van der Waals surface area contributed by atoms with Crippen molar-refractivity contribution in [3.05, 3.63) is 97.2 Å². The summed E-state index contributed by atoms with van der Waals surface area (Å²) < 4.78 is 5.89. The molecule has 1 amide bonds. The second-order valence-electron chi connectivity index (χ2n) is 16.0. The Hall–Kier alpha value is -3.22. The Kier molecular flexibility index (Phi) is 43.4. The Morgan fingerprint density at radius 2 is 0.915 bits per heavy atom. The fourth-order valence-corrected chi connectivity index (χ4v) is 6.69. The standard InChI is InChI=1S/C53H89NO5/c1-4-7-10-13-16-19-21-23-25-27-28-30-33-35-38-41-44-49(47-52(57)54-50(48-55)51(56)45-42-39-36-32-18-15-12-9-6-3)59-53(58)46-43-40-37-34-31-29-26-24-22-20-17-14-11-8-5-2/h8,11,14,16-17,19-28,30,49-51,55-56H,4-7,9-10,12-13,15,18,29,31-48H2,1-3H3,(H,54,57)/b11-8+,17-14+,19-16+,22-20+,23-21+,26-24-,27-25+,30-28+. The number of nitrogens with one attached hydrogen (secondary N) is 1. The van der Waals surface area contributed by atoms with Crippen molar-refractivity contribution < 1.29 is 24.5 Å². The van der Waals surface area contributed by atoms with Crippen LogP contribution in [0.2, 0.25) is 0 Å². The van der Waals surface area contributed by atoms with E-state index in [0.29, 0.717) is 19.3 Å². The number of ether oxygens (including phenoxy) is 1. The molecule has 6 nitrogen and oxygen atoms in total. The van der Waals surface area contributed by atoms with E-state index in [-0.39, 0.29) is 24.9 Å². The number of carbonyl (C=O) groups excluding carboxylic acids is 2. The van der Waals surface area contributed by atoms with Crippen LogP contribution < -0.4 is 5.32 Å². The summed E-state index contributed by atoms with van der Waals surface area (Å²) in [6, 6.07) is -0.724. The molecule has 0 rings (SSSR count). The smallest absolute Gasteiger partial charge is 0.306 e. The van der Waals surface area contributed by atoms with Crippen LogP contribution in [0.1, 0.15) is 201 Å². The van der Waals surface area contributed by atoms with Crippen LogP contribution >= 0.6 is 0 Å². The van der Waals surface area contributed by atoms with E-state index >= 15 is 0 Å². The molecule has 0 aliphatic carbocycles. The fraction of sp³-hybridized carbons (Fsp3) is 0.660. The zero-order valence-corrected chi connectivity index (χ0v) is 38.1. The largest absolute Gasteiger partial charge is 0.462 e. The molecule has 0 heterocycles. The van der Waals surface area contributed by atoms with Gasteiger partial charge in [0.25, 0.3) is 0 Å². The van der Waals surface area contributed by atoms with E-state index in [1.54, 1.807) is 0 Å². The molecule has 336 valence electrons. The molecule has 0 fully saturated rings. The zero-order chi connectivity index (χ0) is 43.1. The number of unbranched alkanes of at least 4 members (excludes halogenated alkanes) is 19. The molecule has 3 atom stereocenters. The fourth-order valence-electron chi connectivity index (χ4n) is 6.69. The lowest BCUT2D eigenvalue weighted by molar-refractivity contribution is -0.151. The van der Waals surface area contributed by atoms with Crippen molar-refractivity contribution in [1.29, 1.82) is 0 Å². The molecule has 0 radical (unpaired) electrons. The van der Waals surface area contributed by atoms with Gasteiger partial charge in [0.2, 0.25) is 5.91 Å². The SMILES string of the molecule is CC/C=C/C=C/C=C/C=C\CCCCCCCC(=O)OC(CCCCC/C=C/C=C/C=C/C=C/CCCCC)CC(=O)NC(CO)C(O)CCCCCCCCCCC. The van der Waals surface area contributed by atoms with Crippen molar-refractivity contribution in [1.82, 2.24) is 5.32 Å². The topological polar surface area (TPSA) is 95.9 Å². The van der Waals surface area contributed by atoms with E-state index in [0.717, 1.165) is 96.3 Å². The number of hydrogen-bond donors (Lipinski definition) is 3. The van der Waals surface area contributed by atoms with Gasteiger partial charge in [0.1, 0.15) is 6.10 Å². The first-order chi connectivity index (χ1) is 29.0. The molecule has 0 aliphatic heterocycles. The molecule has 6 heteroatoms. The maximum Gasteiger partial charge on any atom is 0.306 e. The number of carbonyl (C=O) groups is 2.